The Kier molecular flexibility index (Phi) is 8.24. The van der Waals surface area contributed by atoms with Gasteiger partial charge < -0.3 is 20.5 Å². The van der Waals surface area contributed by atoms with Gasteiger partial charge in [-0.25, -0.2) is 9.59 Å². The van der Waals surface area contributed by atoms with Gasteiger partial charge in [-0.15, -0.1) is 0 Å². The molecule has 1 aliphatic rings. The predicted molar refractivity (Wildman–Crippen MR) is 138 cm³/mol. The SMILES string of the molecule is COc1cc(NC(=O)NC(c2ccc(C(=O)O)cc2)c2ccccc2C2CCCCC2)cc(C(F)(F)F)c1. The molecule has 38 heavy (non-hydrogen) atoms. The van der Waals surface area contributed by atoms with Crippen LogP contribution in [0, 0.1) is 0 Å². The Morgan fingerprint density at radius 3 is 2.29 bits per heavy atom. The zero-order valence-electron chi connectivity index (χ0n) is 20.8. The molecule has 0 saturated heterocycles. The van der Waals surface area contributed by atoms with Crippen LogP contribution in [-0.2, 0) is 6.18 Å². The minimum absolute atomic E-state index is 0.0430. The van der Waals surface area contributed by atoms with E-state index in [4.69, 9.17) is 4.74 Å². The van der Waals surface area contributed by atoms with Crippen molar-refractivity contribution in [2.24, 2.45) is 0 Å². The van der Waals surface area contributed by atoms with E-state index < -0.39 is 29.8 Å². The van der Waals surface area contributed by atoms with Gasteiger partial charge in [0.05, 0.1) is 24.3 Å². The summed E-state index contributed by atoms with van der Waals surface area (Å²) >= 11 is 0. The molecule has 1 aliphatic carbocycles. The van der Waals surface area contributed by atoms with Crippen LogP contribution in [0.4, 0.5) is 23.7 Å². The molecule has 0 radical (unpaired) electrons. The van der Waals surface area contributed by atoms with Crippen molar-refractivity contribution >= 4 is 17.7 Å². The van der Waals surface area contributed by atoms with Crippen molar-refractivity contribution in [2.75, 3.05) is 12.4 Å². The van der Waals surface area contributed by atoms with Crippen molar-refractivity contribution in [1.82, 2.24) is 5.32 Å². The van der Waals surface area contributed by atoms with Crippen LogP contribution in [0.1, 0.15) is 76.7 Å². The number of anilines is 1. The Morgan fingerprint density at radius 1 is 0.974 bits per heavy atom. The van der Waals surface area contributed by atoms with Crippen molar-refractivity contribution in [3.63, 3.8) is 0 Å². The van der Waals surface area contributed by atoms with E-state index in [1.807, 2.05) is 24.3 Å². The molecule has 0 aromatic heterocycles. The maximum atomic E-state index is 13.4. The first-order valence-electron chi connectivity index (χ1n) is 12.4. The molecule has 0 heterocycles. The number of carboxylic acids is 1. The number of hydrogen-bond acceptors (Lipinski definition) is 3. The Balaban J connectivity index is 1.68. The molecule has 3 aromatic carbocycles. The number of methoxy groups -OCH3 is 1. The number of halogens is 3. The number of ether oxygens (including phenoxy) is 1. The lowest BCUT2D eigenvalue weighted by Crippen LogP contribution is -2.34. The average molecular weight is 527 g/mol. The van der Waals surface area contributed by atoms with Gasteiger partial charge in [-0.1, -0.05) is 55.7 Å². The predicted octanol–water partition coefficient (Wildman–Crippen LogP) is 7.37. The Labute approximate surface area is 218 Å². The van der Waals surface area contributed by atoms with E-state index >= 15 is 0 Å². The van der Waals surface area contributed by atoms with Crippen LogP contribution in [0.2, 0.25) is 0 Å². The summed E-state index contributed by atoms with van der Waals surface area (Å²) in [6.07, 6.45) is 0.842. The van der Waals surface area contributed by atoms with Gasteiger partial charge in [0, 0.05) is 11.8 Å². The lowest BCUT2D eigenvalue weighted by Gasteiger charge is -2.28. The standard InChI is InChI=1S/C29H29F3N2O4/c1-38-23-16-21(29(30,31)32)15-22(17-23)33-28(37)34-26(19-11-13-20(14-12-19)27(35)36)25-10-6-5-9-24(25)18-7-3-2-4-8-18/h5-6,9-18,26H,2-4,7-8H2,1H3,(H,35,36)(H2,33,34,37). The maximum absolute atomic E-state index is 13.4. The molecule has 2 amide bonds. The highest BCUT2D eigenvalue weighted by atomic mass is 19.4. The van der Waals surface area contributed by atoms with E-state index in [1.165, 1.54) is 31.7 Å². The van der Waals surface area contributed by atoms with Gasteiger partial charge in [0.25, 0.3) is 0 Å². The molecule has 1 fully saturated rings. The van der Waals surface area contributed by atoms with E-state index in [0.717, 1.165) is 48.9 Å². The second kappa shape index (κ2) is 11.6. The summed E-state index contributed by atoms with van der Waals surface area (Å²) in [5.74, 6) is -0.795. The first-order chi connectivity index (χ1) is 18.2. The lowest BCUT2D eigenvalue weighted by molar-refractivity contribution is -0.137. The summed E-state index contributed by atoms with van der Waals surface area (Å²) in [6.45, 7) is 0. The number of benzene rings is 3. The Bertz CT molecular complexity index is 1290. The fourth-order valence-electron chi connectivity index (χ4n) is 4.97. The molecule has 1 unspecified atom stereocenters. The van der Waals surface area contributed by atoms with Crippen molar-refractivity contribution in [1.29, 1.82) is 0 Å². The number of alkyl halides is 3. The third-order valence-corrected chi connectivity index (χ3v) is 6.85. The van der Waals surface area contributed by atoms with Crippen LogP contribution in [0.3, 0.4) is 0 Å². The second-order valence-corrected chi connectivity index (χ2v) is 9.37. The number of carbonyl (C=O) groups excluding carboxylic acids is 1. The van der Waals surface area contributed by atoms with Crippen molar-refractivity contribution < 1.29 is 32.6 Å². The average Bonchev–Trinajstić information content (AvgIpc) is 2.91. The summed E-state index contributed by atoms with van der Waals surface area (Å²) in [5, 5.41) is 14.7. The molecule has 0 bridgehead atoms. The van der Waals surface area contributed by atoms with Gasteiger partial charge in [0.15, 0.2) is 0 Å². The molecular formula is C29H29F3N2O4. The van der Waals surface area contributed by atoms with Crippen LogP contribution in [-0.4, -0.2) is 24.2 Å². The summed E-state index contributed by atoms with van der Waals surface area (Å²) in [6, 6.07) is 15.6. The fourth-order valence-corrected chi connectivity index (χ4v) is 4.97. The van der Waals surface area contributed by atoms with Gasteiger partial charge in [0.2, 0.25) is 0 Å². The lowest BCUT2D eigenvalue weighted by atomic mass is 9.80. The molecule has 200 valence electrons. The molecule has 9 heteroatoms. The molecule has 3 N–H and O–H groups in total. The quantitative estimate of drug-likeness (QED) is 0.300. The molecule has 1 saturated carbocycles. The summed E-state index contributed by atoms with van der Waals surface area (Å²) in [4.78, 5) is 24.5. The summed E-state index contributed by atoms with van der Waals surface area (Å²) < 4.78 is 45.1. The maximum Gasteiger partial charge on any atom is 0.416 e. The number of urea groups is 1. The number of rotatable bonds is 7. The van der Waals surface area contributed by atoms with Crippen molar-refractivity contribution in [2.45, 2.75) is 50.2 Å². The van der Waals surface area contributed by atoms with Crippen molar-refractivity contribution in [3.8, 4) is 5.75 Å². The number of hydrogen-bond donors (Lipinski definition) is 3. The number of carboxylic acid groups (broad SMARTS) is 1. The minimum Gasteiger partial charge on any atom is -0.497 e. The van der Waals surface area contributed by atoms with Gasteiger partial charge in [-0.2, -0.15) is 13.2 Å². The highest BCUT2D eigenvalue weighted by molar-refractivity contribution is 5.90. The van der Waals surface area contributed by atoms with Crippen LogP contribution < -0.4 is 15.4 Å². The van der Waals surface area contributed by atoms with Crippen LogP contribution in [0.5, 0.6) is 5.75 Å². The van der Waals surface area contributed by atoms with E-state index in [9.17, 15) is 27.9 Å². The first-order valence-corrected chi connectivity index (χ1v) is 12.4. The second-order valence-electron chi connectivity index (χ2n) is 9.37. The fraction of sp³-hybridized carbons (Fsp3) is 0.310. The van der Waals surface area contributed by atoms with Crippen LogP contribution in [0.25, 0.3) is 0 Å². The molecule has 6 nitrogen and oxygen atoms in total. The van der Waals surface area contributed by atoms with Crippen molar-refractivity contribution in [3.05, 3.63) is 94.5 Å². The Morgan fingerprint density at radius 2 is 1.66 bits per heavy atom. The summed E-state index contributed by atoms with van der Waals surface area (Å²) in [5.41, 5.74) is 1.69. The van der Waals surface area contributed by atoms with Gasteiger partial charge >= 0.3 is 18.2 Å². The minimum atomic E-state index is -4.62. The first kappa shape index (κ1) is 27.0. The van der Waals surface area contributed by atoms with Gasteiger partial charge in [0.1, 0.15) is 5.75 Å². The zero-order valence-corrected chi connectivity index (χ0v) is 20.8. The van der Waals surface area contributed by atoms with Crippen LogP contribution >= 0.6 is 0 Å². The van der Waals surface area contributed by atoms with E-state index in [-0.39, 0.29) is 17.0 Å². The zero-order chi connectivity index (χ0) is 27.3. The monoisotopic (exact) mass is 526 g/mol. The number of nitrogens with one attached hydrogen (secondary N) is 2. The normalized spacial score (nSPS) is 14.9. The van der Waals surface area contributed by atoms with Gasteiger partial charge in [-0.05, 0) is 59.7 Å². The smallest absolute Gasteiger partial charge is 0.416 e. The molecule has 1 atom stereocenters. The largest absolute Gasteiger partial charge is 0.497 e. The third-order valence-electron chi connectivity index (χ3n) is 6.85. The highest BCUT2D eigenvalue weighted by Gasteiger charge is 2.32. The molecule has 3 aromatic rings. The van der Waals surface area contributed by atoms with E-state index in [0.29, 0.717) is 11.5 Å². The summed E-state index contributed by atoms with van der Waals surface area (Å²) in [7, 11) is 1.25. The third kappa shape index (κ3) is 6.45. The Hall–Kier alpha value is -4.01. The molecule has 0 aliphatic heterocycles. The van der Waals surface area contributed by atoms with E-state index in [2.05, 4.69) is 10.6 Å². The number of aromatic carboxylic acids is 1. The van der Waals surface area contributed by atoms with Crippen LogP contribution in [0.15, 0.2) is 66.7 Å². The van der Waals surface area contributed by atoms with Gasteiger partial charge in [-0.3, -0.25) is 0 Å². The number of carbonyl (C=O) groups is 2. The highest BCUT2D eigenvalue weighted by Crippen LogP contribution is 2.38. The molecular weight excluding hydrogens is 497 g/mol. The topological polar surface area (TPSA) is 87.7 Å². The molecule has 0 spiro atoms. The van der Waals surface area contributed by atoms with E-state index in [1.54, 1.807) is 12.1 Å². The number of amides is 2. The molecule has 4 rings (SSSR count).